The smallest absolute Gasteiger partial charge is 0.178 e. The van der Waals surface area contributed by atoms with E-state index in [1.54, 1.807) is 21.3 Å². The Bertz CT molecular complexity index is 484. The fourth-order valence-electron chi connectivity index (χ4n) is 3.16. The molecule has 5 heteroatoms. The summed E-state index contributed by atoms with van der Waals surface area (Å²) in [5.41, 5.74) is 7.19. The maximum Gasteiger partial charge on any atom is 0.178 e. The largest absolute Gasteiger partial charge is 0.495 e. The molecule has 112 valence electrons. The van der Waals surface area contributed by atoms with E-state index in [9.17, 15) is 0 Å². The third-order valence-electron chi connectivity index (χ3n) is 4.29. The first kappa shape index (κ1) is 15.4. The molecule has 0 bridgehead atoms. The van der Waals surface area contributed by atoms with Crippen molar-refractivity contribution in [1.29, 1.82) is 0 Å². The zero-order valence-corrected chi connectivity index (χ0v) is 13.9. The van der Waals surface area contributed by atoms with E-state index in [0.29, 0.717) is 18.0 Å². The topological polar surface area (TPSA) is 53.7 Å². The quantitative estimate of drug-likeness (QED) is 0.891. The van der Waals surface area contributed by atoms with E-state index in [1.165, 1.54) is 12.8 Å². The highest BCUT2D eigenvalue weighted by atomic mass is 79.9. The van der Waals surface area contributed by atoms with Crippen LogP contribution in [0, 0.1) is 0 Å². The number of rotatable bonds is 5. The van der Waals surface area contributed by atoms with Gasteiger partial charge in [0, 0.05) is 17.5 Å². The molecule has 1 aromatic rings. The predicted octanol–water partition coefficient (Wildman–Crippen LogP) is 3.25. The fourth-order valence-corrected chi connectivity index (χ4v) is 3.89. The minimum absolute atomic E-state index is 0.0204. The molecule has 0 heterocycles. The normalized spacial score (nSPS) is 17.1. The highest BCUT2D eigenvalue weighted by molar-refractivity contribution is 9.10. The van der Waals surface area contributed by atoms with E-state index >= 15 is 0 Å². The number of nitrogens with two attached hydrogens (primary N) is 1. The van der Waals surface area contributed by atoms with Gasteiger partial charge in [-0.2, -0.15) is 0 Å². The zero-order valence-electron chi connectivity index (χ0n) is 12.3. The molecule has 4 nitrogen and oxygen atoms in total. The summed E-state index contributed by atoms with van der Waals surface area (Å²) >= 11 is 3.57. The summed E-state index contributed by atoms with van der Waals surface area (Å²) in [5, 5.41) is 0. The van der Waals surface area contributed by atoms with Crippen molar-refractivity contribution in [2.75, 3.05) is 27.9 Å². The maximum absolute atomic E-state index is 6.09. The van der Waals surface area contributed by atoms with Crippen molar-refractivity contribution in [3.8, 4) is 17.2 Å². The van der Waals surface area contributed by atoms with Crippen molar-refractivity contribution in [1.82, 2.24) is 0 Å². The Labute approximate surface area is 128 Å². The van der Waals surface area contributed by atoms with Gasteiger partial charge in [0.2, 0.25) is 0 Å². The molecule has 1 saturated carbocycles. The van der Waals surface area contributed by atoms with Crippen molar-refractivity contribution < 1.29 is 14.2 Å². The van der Waals surface area contributed by atoms with Gasteiger partial charge in [-0.15, -0.1) is 0 Å². The first-order valence-corrected chi connectivity index (χ1v) is 7.62. The van der Waals surface area contributed by atoms with Crippen LogP contribution in [0.25, 0.3) is 0 Å². The second kappa shape index (κ2) is 6.22. The van der Waals surface area contributed by atoms with Gasteiger partial charge in [-0.3, -0.25) is 0 Å². The predicted molar refractivity (Wildman–Crippen MR) is 83.0 cm³/mol. The second-order valence-corrected chi connectivity index (χ2v) is 5.99. The van der Waals surface area contributed by atoms with E-state index in [4.69, 9.17) is 19.9 Å². The molecule has 2 rings (SSSR count). The summed E-state index contributed by atoms with van der Waals surface area (Å²) < 4.78 is 17.3. The van der Waals surface area contributed by atoms with Crippen LogP contribution in [0.5, 0.6) is 17.2 Å². The number of ether oxygens (including phenoxy) is 3. The Kier molecular flexibility index (Phi) is 4.81. The molecule has 0 spiro atoms. The van der Waals surface area contributed by atoms with Crippen LogP contribution in [0.1, 0.15) is 31.2 Å². The second-order valence-electron chi connectivity index (χ2n) is 5.20. The van der Waals surface area contributed by atoms with Crippen LogP contribution in [0.3, 0.4) is 0 Å². The molecule has 0 atom stereocenters. The van der Waals surface area contributed by atoms with Crippen molar-refractivity contribution in [3.63, 3.8) is 0 Å². The van der Waals surface area contributed by atoms with Crippen molar-refractivity contribution in [2.45, 2.75) is 31.1 Å². The molecule has 0 radical (unpaired) electrons. The molecule has 0 unspecified atom stereocenters. The summed E-state index contributed by atoms with van der Waals surface area (Å²) in [7, 11) is 4.94. The minimum Gasteiger partial charge on any atom is -0.495 e. The maximum atomic E-state index is 6.09. The SMILES string of the molecule is COc1cc(C2(CN)CCCC2)c(OC)c(Br)c1OC. The molecule has 0 amide bonds. The average Bonchev–Trinajstić information content (AvgIpc) is 2.96. The van der Waals surface area contributed by atoms with Gasteiger partial charge >= 0.3 is 0 Å². The highest BCUT2D eigenvalue weighted by Crippen LogP contribution is 2.51. The van der Waals surface area contributed by atoms with Gasteiger partial charge in [0.05, 0.1) is 21.3 Å². The lowest BCUT2D eigenvalue weighted by atomic mass is 9.78. The molecule has 1 fully saturated rings. The van der Waals surface area contributed by atoms with E-state index in [2.05, 4.69) is 15.9 Å². The molecule has 1 aliphatic carbocycles. The standard InChI is InChI=1S/C15H22BrNO3/c1-18-11-8-10(15(9-17)6-4-5-7-15)13(19-2)12(16)14(11)20-3/h8H,4-7,9,17H2,1-3H3. The lowest BCUT2D eigenvalue weighted by Gasteiger charge is -2.31. The Hall–Kier alpha value is -0.940. The van der Waals surface area contributed by atoms with Crippen molar-refractivity contribution in [3.05, 3.63) is 16.1 Å². The van der Waals surface area contributed by atoms with Gasteiger partial charge in [-0.25, -0.2) is 0 Å². The minimum atomic E-state index is -0.0204. The van der Waals surface area contributed by atoms with E-state index < -0.39 is 0 Å². The van der Waals surface area contributed by atoms with Crippen LogP contribution in [-0.2, 0) is 5.41 Å². The van der Waals surface area contributed by atoms with Gasteiger partial charge < -0.3 is 19.9 Å². The van der Waals surface area contributed by atoms with E-state index in [-0.39, 0.29) is 5.41 Å². The molecule has 20 heavy (non-hydrogen) atoms. The lowest BCUT2D eigenvalue weighted by molar-refractivity contribution is 0.335. The van der Waals surface area contributed by atoms with Gasteiger partial charge in [0.25, 0.3) is 0 Å². The molecule has 0 aromatic heterocycles. The first-order valence-electron chi connectivity index (χ1n) is 6.82. The fraction of sp³-hybridized carbons (Fsp3) is 0.600. The molecular weight excluding hydrogens is 322 g/mol. The summed E-state index contributed by atoms with van der Waals surface area (Å²) in [4.78, 5) is 0. The number of benzene rings is 1. The lowest BCUT2D eigenvalue weighted by Crippen LogP contribution is -2.32. The molecule has 2 N–H and O–H groups in total. The summed E-state index contributed by atoms with van der Waals surface area (Å²) in [6.07, 6.45) is 4.57. The molecule has 1 aromatic carbocycles. The number of halogens is 1. The molecule has 0 aliphatic heterocycles. The van der Waals surface area contributed by atoms with E-state index in [1.807, 2.05) is 6.07 Å². The molecule has 0 saturated heterocycles. The first-order chi connectivity index (χ1) is 9.63. The van der Waals surface area contributed by atoms with Crippen molar-refractivity contribution >= 4 is 15.9 Å². The Balaban J connectivity index is 2.65. The van der Waals surface area contributed by atoms with E-state index in [0.717, 1.165) is 28.6 Å². The van der Waals surface area contributed by atoms with Gasteiger partial charge in [-0.1, -0.05) is 12.8 Å². The highest BCUT2D eigenvalue weighted by Gasteiger charge is 2.38. The third-order valence-corrected chi connectivity index (χ3v) is 5.01. The summed E-state index contributed by atoms with van der Waals surface area (Å²) in [5.74, 6) is 2.16. The van der Waals surface area contributed by atoms with Crippen molar-refractivity contribution in [2.24, 2.45) is 5.73 Å². The Morgan fingerprint density at radius 3 is 2.15 bits per heavy atom. The van der Waals surface area contributed by atoms with Gasteiger partial charge in [0.15, 0.2) is 11.5 Å². The average molecular weight is 344 g/mol. The van der Waals surface area contributed by atoms with Crippen LogP contribution >= 0.6 is 15.9 Å². The zero-order chi connectivity index (χ0) is 14.8. The monoisotopic (exact) mass is 343 g/mol. The molecule has 1 aliphatic rings. The number of hydrogen-bond donors (Lipinski definition) is 1. The van der Waals surface area contributed by atoms with Crippen LogP contribution in [0.15, 0.2) is 10.5 Å². The Morgan fingerprint density at radius 2 is 1.70 bits per heavy atom. The number of methoxy groups -OCH3 is 3. The van der Waals surface area contributed by atoms with Gasteiger partial charge in [0.1, 0.15) is 10.2 Å². The third kappa shape index (κ3) is 2.37. The summed E-state index contributed by atoms with van der Waals surface area (Å²) in [6, 6.07) is 2.01. The van der Waals surface area contributed by atoms with Crippen LogP contribution in [-0.4, -0.2) is 27.9 Å². The molecular formula is C15H22BrNO3. The van der Waals surface area contributed by atoms with Crippen LogP contribution < -0.4 is 19.9 Å². The van der Waals surface area contributed by atoms with Gasteiger partial charge in [-0.05, 0) is 34.8 Å². The number of hydrogen-bond acceptors (Lipinski definition) is 4. The van der Waals surface area contributed by atoms with Crippen LogP contribution in [0.2, 0.25) is 0 Å². The van der Waals surface area contributed by atoms with Crippen LogP contribution in [0.4, 0.5) is 0 Å². The Morgan fingerprint density at radius 1 is 1.10 bits per heavy atom. The summed E-state index contributed by atoms with van der Waals surface area (Å²) in [6.45, 7) is 0.616.